The molecule has 1 aromatic heterocycles. The van der Waals surface area contributed by atoms with Gasteiger partial charge in [-0.05, 0) is 25.5 Å². The predicted molar refractivity (Wildman–Crippen MR) is 85.7 cm³/mol. The first kappa shape index (κ1) is 15.2. The summed E-state index contributed by atoms with van der Waals surface area (Å²) in [5.74, 6) is 1.67. The summed E-state index contributed by atoms with van der Waals surface area (Å²) in [6.45, 7) is 4.27. The van der Waals surface area contributed by atoms with E-state index in [1.54, 1.807) is 11.8 Å². The lowest BCUT2D eigenvalue weighted by Gasteiger charge is -2.17. The predicted octanol–water partition coefficient (Wildman–Crippen LogP) is 3.87. The van der Waals surface area contributed by atoms with Crippen molar-refractivity contribution in [3.8, 4) is 0 Å². The molecule has 0 radical (unpaired) electrons. The summed E-state index contributed by atoms with van der Waals surface area (Å²) in [4.78, 5) is 1.98. The van der Waals surface area contributed by atoms with Crippen molar-refractivity contribution in [3.05, 3.63) is 34.9 Å². The maximum absolute atomic E-state index is 6.18. The fourth-order valence-corrected chi connectivity index (χ4v) is 3.23. The van der Waals surface area contributed by atoms with Crippen LogP contribution in [-0.4, -0.2) is 28.9 Å². The van der Waals surface area contributed by atoms with Crippen LogP contribution >= 0.6 is 23.4 Å². The van der Waals surface area contributed by atoms with Gasteiger partial charge in [0.25, 0.3) is 0 Å². The Morgan fingerprint density at radius 2 is 1.95 bits per heavy atom. The molecule has 2 rings (SSSR count). The third-order valence-electron chi connectivity index (χ3n) is 2.88. The van der Waals surface area contributed by atoms with Gasteiger partial charge < -0.3 is 4.90 Å². The lowest BCUT2D eigenvalue weighted by Crippen LogP contribution is -2.17. The highest BCUT2D eigenvalue weighted by Crippen LogP contribution is 2.29. The van der Waals surface area contributed by atoms with Crippen LogP contribution in [0, 0.1) is 0 Å². The molecular weight excluding hydrogens is 292 g/mol. The Bertz CT molecular complexity index is 580. The molecule has 1 heterocycles. The number of rotatable bonds is 5. The molecule has 0 atom stereocenters. The molecular formula is C14H19ClN4S. The minimum absolute atomic E-state index is 0.316. The van der Waals surface area contributed by atoms with Crippen LogP contribution in [0.1, 0.15) is 25.5 Å². The number of hydrogen-bond donors (Lipinski definition) is 0. The molecule has 0 N–H and O–H groups in total. The van der Waals surface area contributed by atoms with Crippen LogP contribution in [0.25, 0.3) is 0 Å². The van der Waals surface area contributed by atoms with Crippen molar-refractivity contribution in [3.63, 3.8) is 0 Å². The molecule has 20 heavy (non-hydrogen) atoms. The molecule has 0 aliphatic carbocycles. The Morgan fingerprint density at radius 1 is 1.25 bits per heavy atom. The fraction of sp³-hybridized carbons (Fsp3) is 0.429. The molecule has 0 aliphatic rings. The number of aromatic nitrogens is 3. The van der Waals surface area contributed by atoms with Crippen molar-refractivity contribution < 1.29 is 0 Å². The van der Waals surface area contributed by atoms with E-state index in [0.29, 0.717) is 6.04 Å². The maximum Gasteiger partial charge on any atom is 0.227 e. The molecule has 108 valence electrons. The highest BCUT2D eigenvalue weighted by molar-refractivity contribution is 7.98. The molecule has 0 saturated heterocycles. The van der Waals surface area contributed by atoms with Gasteiger partial charge in [0, 0.05) is 30.9 Å². The van der Waals surface area contributed by atoms with E-state index < -0.39 is 0 Å². The Kier molecular flexibility index (Phi) is 4.94. The first-order valence-corrected chi connectivity index (χ1v) is 7.85. The van der Waals surface area contributed by atoms with Crippen molar-refractivity contribution in [2.45, 2.75) is 30.8 Å². The summed E-state index contributed by atoms with van der Waals surface area (Å²) >= 11 is 7.84. The first-order valence-electron chi connectivity index (χ1n) is 6.49. The number of benzene rings is 1. The van der Waals surface area contributed by atoms with Gasteiger partial charge in [-0.15, -0.1) is 10.2 Å². The molecule has 2 aromatic rings. The van der Waals surface area contributed by atoms with E-state index in [4.69, 9.17) is 11.6 Å². The van der Waals surface area contributed by atoms with Crippen LogP contribution in [0.15, 0.2) is 29.4 Å². The van der Waals surface area contributed by atoms with E-state index in [1.807, 2.05) is 43.3 Å². The largest absolute Gasteiger partial charge is 0.347 e. The van der Waals surface area contributed by atoms with Crippen LogP contribution in [-0.2, 0) is 5.75 Å². The summed E-state index contributed by atoms with van der Waals surface area (Å²) < 4.78 is 2.14. The van der Waals surface area contributed by atoms with Crippen molar-refractivity contribution in [1.29, 1.82) is 0 Å². The van der Waals surface area contributed by atoms with Crippen molar-refractivity contribution >= 4 is 29.3 Å². The molecule has 0 bridgehead atoms. The Morgan fingerprint density at radius 3 is 2.55 bits per heavy atom. The standard InChI is InChI=1S/C14H19ClN4S/c1-10(2)19-13(18(3)4)16-17-14(19)20-9-11-7-5-6-8-12(11)15/h5-8,10H,9H2,1-4H3. The molecule has 0 fully saturated rings. The molecule has 1 aromatic carbocycles. The lowest BCUT2D eigenvalue weighted by molar-refractivity contribution is 0.549. The molecule has 0 amide bonds. The number of nitrogens with zero attached hydrogens (tertiary/aromatic N) is 4. The highest BCUT2D eigenvalue weighted by Gasteiger charge is 2.16. The van der Waals surface area contributed by atoms with Gasteiger partial charge in [0.2, 0.25) is 5.95 Å². The second-order valence-electron chi connectivity index (χ2n) is 5.02. The summed E-state index contributed by atoms with van der Waals surface area (Å²) in [6.07, 6.45) is 0. The molecule has 0 unspecified atom stereocenters. The quantitative estimate of drug-likeness (QED) is 0.785. The number of anilines is 1. The number of hydrogen-bond acceptors (Lipinski definition) is 4. The average molecular weight is 311 g/mol. The number of thioether (sulfide) groups is 1. The zero-order valence-corrected chi connectivity index (χ0v) is 13.7. The van der Waals surface area contributed by atoms with Crippen LogP contribution in [0.5, 0.6) is 0 Å². The summed E-state index contributed by atoms with van der Waals surface area (Å²) in [7, 11) is 3.96. The van der Waals surface area contributed by atoms with Crippen molar-refractivity contribution in [2.75, 3.05) is 19.0 Å². The third kappa shape index (κ3) is 3.27. The van der Waals surface area contributed by atoms with Crippen molar-refractivity contribution in [2.24, 2.45) is 0 Å². The van der Waals surface area contributed by atoms with E-state index >= 15 is 0 Å². The summed E-state index contributed by atoms with van der Waals surface area (Å²) in [5.41, 5.74) is 1.11. The fourth-order valence-electron chi connectivity index (χ4n) is 1.88. The van der Waals surface area contributed by atoms with Crippen LogP contribution in [0.3, 0.4) is 0 Å². The molecule has 0 aliphatic heterocycles. The molecule has 4 nitrogen and oxygen atoms in total. The summed E-state index contributed by atoms with van der Waals surface area (Å²) in [6, 6.07) is 8.21. The first-order chi connectivity index (χ1) is 9.50. The Hall–Kier alpha value is -1.20. The van der Waals surface area contributed by atoms with Crippen LogP contribution in [0.2, 0.25) is 5.02 Å². The van der Waals surface area contributed by atoms with Crippen molar-refractivity contribution in [1.82, 2.24) is 14.8 Å². The Balaban J connectivity index is 2.20. The van der Waals surface area contributed by atoms with E-state index in [9.17, 15) is 0 Å². The van der Waals surface area contributed by atoms with E-state index in [1.165, 1.54) is 0 Å². The normalized spacial score (nSPS) is 11.1. The van der Waals surface area contributed by atoms with Crippen LogP contribution in [0.4, 0.5) is 5.95 Å². The minimum atomic E-state index is 0.316. The van der Waals surface area contributed by atoms with Gasteiger partial charge in [0.1, 0.15) is 0 Å². The highest BCUT2D eigenvalue weighted by atomic mass is 35.5. The van der Waals surface area contributed by atoms with E-state index in [-0.39, 0.29) is 0 Å². The van der Waals surface area contributed by atoms with Gasteiger partial charge in [0.05, 0.1) is 0 Å². The monoisotopic (exact) mass is 310 g/mol. The third-order valence-corrected chi connectivity index (χ3v) is 4.24. The second-order valence-corrected chi connectivity index (χ2v) is 6.37. The van der Waals surface area contributed by atoms with E-state index in [2.05, 4.69) is 28.6 Å². The van der Waals surface area contributed by atoms with Gasteiger partial charge in [-0.1, -0.05) is 41.6 Å². The van der Waals surface area contributed by atoms with Gasteiger partial charge in [-0.2, -0.15) is 0 Å². The topological polar surface area (TPSA) is 34.0 Å². The minimum Gasteiger partial charge on any atom is -0.347 e. The Labute approximate surface area is 129 Å². The molecule has 6 heteroatoms. The summed E-state index contributed by atoms with van der Waals surface area (Å²) in [5, 5.41) is 10.3. The van der Waals surface area contributed by atoms with Gasteiger partial charge in [-0.25, -0.2) is 0 Å². The lowest BCUT2D eigenvalue weighted by atomic mass is 10.2. The van der Waals surface area contributed by atoms with Gasteiger partial charge >= 0.3 is 0 Å². The van der Waals surface area contributed by atoms with Gasteiger partial charge in [0.15, 0.2) is 5.16 Å². The maximum atomic E-state index is 6.18. The molecule has 0 saturated carbocycles. The zero-order chi connectivity index (χ0) is 14.7. The SMILES string of the molecule is CC(C)n1c(SCc2ccccc2Cl)nnc1N(C)C. The average Bonchev–Trinajstić information content (AvgIpc) is 2.82. The van der Waals surface area contributed by atoms with E-state index in [0.717, 1.165) is 27.4 Å². The molecule has 0 spiro atoms. The number of halogens is 1. The second kappa shape index (κ2) is 6.50. The smallest absolute Gasteiger partial charge is 0.227 e. The zero-order valence-electron chi connectivity index (χ0n) is 12.2. The van der Waals surface area contributed by atoms with Gasteiger partial charge in [-0.3, -0.25) is 4.57 Å². The van der Waals surface area contributed by atoms with Crippen LogP contribution < -0.4 is 4.90 Å².